The molecule has 2 heterocycles. The van der Waals surface area contributed by atoms with Crippen molar-refractivity contribution in [3.63, 3.8) is 0 Å². The molecule has 3 nitrogen and oxygen atoms in total. The molecule has 20 heavy (non-hydrogen) atoms. The molecule has 0 spiro atoms. The number of carbonyl (C=O) groups is 1. The molecule has 2 atom stereocenters. The minimum absolute atomic E-state index is 0. The van der Waals surface area contributed by atoms with E-state index in [0.29, 0.717) is 11.5 Å². The molecule has 0 aliphatic carbocycles. The van der Waals surface area contributed by atoms with Gasteiger partial charge in [0.2, 0.25) is 5.91 Å². The van der Waals surface area contributed by atoms with Crippen LogP contribution in [0.3, 0.4) is 0 Å². The third kappa shape index (κ3) is 2.67. The minimum atomic E-state index is -0.203. The Hall–Kier alpha value is -1.13. The number of nitrogens with one attached hydrogen (secondary N) is 1. The predicted octanol–water partition coefficient (Wildman–Crippen LogP) is 2.38. The Labute approximate surface area is 124 Å². The topological polar surface area (TPSA) is 32.3 Å². The van der Waals surface area contributed by atoms with Crippen molar-refractivity contribution < 1.29 is 9.18 Å². The van der Waals surface area contributed by atoms with E-state index in [1.165, 1.54) is 6.07 Å². The predicted molar refractivity (Wildman–Crippen MR) is 78.2 cm³/mol. The molecular formula is C15H20ClFN2O. The van der Waals surface area contributed by atoms with Gasteiger partial charge in [-0.25, -0.2) is 4.39 Å². The molecule has 0 aromatic heterocycles. The quantitative estimate of drug-likeness (QED) is 0.909. The molecule has 1 aromatic rings. The van der Waals surface area contributed by atoms with Gasteiger partial charge >= 0.3 is 0 Å². The first-order valence-corrected chi connectivity index (χ1v) is 6.92. The number of hydrogen-bond donors (Lipinski definition) is 1. The van der Waals surface area contributed by atoms with Gasteiger partial charge < -0.3 is 10.2 Å². The van der Waals surface area contributed by atoms with Gasteiger partial charge in [-0.15, -0.1) is 12.4 Å². The van der Waals surface area contributed by atoms with Crippen LogP contribution in [0, 0.1) is 17.7 Å². The zero-order valence-corrected chi connectivity index (χ0v) is 12.3. The van der Waals surface area contributed by atoms with Crippen molar-refractivity contribution in [2.24, 2.45) is 11.8 Å². The number of benzene rings is 1. The maximum absolute atomic E-state index is 14.0. The summed E-state index contributed by atoms with van der Waals surface area (Å²) in [4.78, 5) is 14.3. The van der Waals surface area contributed by atoms with Crippen LogP contribution in [0.15, 0.2) is 24.3 Å². The highest BCUT2D eigenvalue weighted by molar-refractivity contribution is 5.85. The lowest BCUT2D eigenvalue weighted by Crippen LogP contribution is -2.52. The van der Waals surface area contributed by atoms with Crippen LogP contribution < -0.4 is 5.32 Å². The Morgan fingerprint density at radius 2 is 2.05 bits per heavy atom. The summed E-state index contributed by atoms with van der Waals surface area (Å²) in [5, 5.41) is 3.12. The summed E-state index contributed by atoms with van der Waals surface area (Å²) in [5.74, 6) is 0.489. The smallest absolute Gasteiger partial charge is 0.228 e. The number of likely N-dealkylation sites (tertiary alicyclic amines) is 1. The molecule has 2 aliphatic heterocycles. The first-order chi connectivity index (χ1) is 9.16. The fraction of sp³-hybridized carbons (Fsp3) is 0.533. The van der Waals surface area contributed by atoms with E-state index in [-0.39, 0.29) is 36.1 Å². The van der Waals surface area contributed by atoms with Crippen LogP contribution in [0.4, 0.5) is 4.39 Å². The zero-order valence-electron chi connectivity index (χ0n) is 11.5. The Balaban J connectivity index is 0.00000147. The van der Waals surface area contributed by atoms with Gasteiger partial charge in [0.15, 0.2) is 0 Å². The standard InChI is InChI=1S/C15H19FN2O.ClH/c1-10-6-14(12-4-2-3-5-13(12)16)18(9-10)15(19)11-7-17-8-11;/h2-5,10-11,14,17H,6-9H2,1H3;1H. The first-order valence-electron chi connectivity index (χ1n) is 6.92. The van der Waals surface area contributed by atoms with E-state index in [1.54, 1.807) is 12.1 Å². The molecule has 2 saturated heterocycles. The van der Waals surface area contributed by atoms with Crippen LogP contribution in [0.1, 0.15) is 24.9 Å². The summed E-state index contributed by atoms with van der Waals surface area (Å²) in [5.41, 5.74) is 0.660. The lowest BCUT2D eigenvalue weighted by atomic mass is 9.98. The highest BCUT2D eigenvalue weighted by Crippen LogP contribution is 2.37. The van der Waals surface area contributed by atoms with Gasteiger partial charge in [-0.2, -0.15) is 0 Å². The number of carbonyl (C=O) groups excluding carboxylic acids is 1. The lowest BCUT2D eigenvalue weighted by Gasteiger charge is -2.33. The van der Waals surface area contributed by atoms with Gasteiger partial charge in [-0.1, -0.05) is 25.1 Å². The fourth-order valence-electron chi connectivity index (χ4n) is 3.03. The Kier molecular flexibility index (Phi) is 4.66. The zero-order chi connectivity index (χ0) is 13.4. The van der Waals surface area contributed by atoms with Gasteiger partial charge in [0.1, 0.15) is 5.82 Å². The van der Waals surface area contributed by atoms with Crippen LogP contribution in [-0.2, 0) is 4.79 Å². The largest absolute Gasteiger partial charge is 0.335 e. The van der Waals surface area contributed by atoms with Crippen molar-refractivity contribution in [3.8, 4) is 0 Å². The summed E-state index contributed by atoms with van der Waals surface area (Å²) in [6.07, 6.45) is 0.854. The summed E-state index contributed by atoms with van der Waals surface area (Å²) < 4.78 is 14.0. The van der Waals surface area contributed by atoms with Crippen LogP contribution in [-0.4, -0.2) is 30.4 Å². The number of hydrogen-bond acceptors (Lipinski definition) is 2. The van der Waals surface area contributed by atoms with E-state index in [4.69, 9.17) is 0 Å². The van der Waals surface area contributed by atoms with Crippen LogP contribution in [0.2, 0.25) is 0 Å². The second-order valence-corrected chi connectivity index (χ2v) is 5.72. The lowest BCUT2D eigenvalue weighted by molar-refractivity contribution is -0.138. The molecule has 2 aliphatic rings. The van der Waals surface area contributed by atoms with Crippen LogP contribution in [0.5, 0.6) is 0 Å². The van der Waals surface area contributed by atoms with E-state index in [1.807, 2.05) is 11.0 Å². The van der Waals surface area contributed by atoms with Crippen molar-refractivity contribution >= 4 is 18.3 Å². The second-order valence-electron chi connectivity index (χ2n) is 5.72. The van der Waals surface area contributed by atoms with Gasteiger partial charge in [0, 0.05) is 25.2 Å². The van der Waals surface area contributed by atoms with Crippen molar-refractivity contribution in [1.29, 1.82) is 0 Å². The minimum Gasteiger partial charge on any atom is -0.335 e. The van der Waals surface area contributed by atoms with Gasteiger partial charge in [-0.05, 0) is 18.4 Å². The van der Waals surface area contributed by atoms with Crippen molar-refractivity contribution in [3.05, 3.63) is 35.6 Å². The first kappa shape index (κ1) is 15.3. The van der Waals surface area contributed by atoms with Gasteiger partial charge in [-0.3, -0.25) is 4.79 Å². The summed E-state index contributed by atoms with van der Waals surface area (Å²) in [6.45, 7) is 4.38. The molecule has 2 fully saturated rings. The Bertz CT molecular complexity index is 493. The van der Waals surface area contributed by atoms with Crippen LogP contribution in [0.25, 0.3) is 0 Å². The van der Waals surface area contributed by atoms with E-state index in [0.717, 1.165) is 26.1 Å². The van der Waals surface area contributed by atoms with E-state index < -0.39 is 0 Å². The molecule has 0 saturated carbocycles. The molecule has 5 heteroatoms. The third-order valence-electron chi connectivity index (χ3n) is 4.19. The number of nitrogens with zero attached hydrogens (tertiary/aromatic N) is 1. The van der Waals surface area contributed by atoms with Gasteiger partial charge in [0.25, 0.3) is 0 Å². The summed E-state index contributed by atoms with van der Waals surface area (Å²) >= 11 is 0. The molecule has 3 rings (SSSR count). The van der Waals surface area contributed by atoms with E-state index in [9.17, 15) is 9.18 Å². The molecule has 0 radical (unpaired) electrons. The van der Waals surface area contributed by atoms with Crippen molar-refractivity contribution in [1.82, 2.24) is 10.2 Å². The summed E-state index contributed by atoms with van der Waals surface area (Å²) in [7, 11) is 0. The highest BCUT2D eigenvalue weighted by atomic mass is 35.5. The number of halogens is 2. The maximum atomic E-state index is 14.0. The van der Waals surface area contributed by atoms with Gasteiger partial charge in [0.05, 0.1) is 12.0 Å². The van der Waals surface area contributed by atoms with E-state index >= 15 is 0 Å². The third-order valence-corrected chi connectivity index (χ3v) is 4.19. The number of amides is 1. The molecule has 1 aromatic carbocycles. The SMILES string of the molecule is CC1CC(c2ccccc2F)N(C(=O)C2CNC2)C1.Cl. The van der Waals surface area contributed by atoms with Crippen molar-refractivity contribution in [2.45, 2.75) is 19.4 Å². The van der Waals surface area contributed by atoms with E-state index in [2.05, 4.69) is 12.2 Å². The highest BCUT2D eigenvalue weighted by Gasteiger charge is 2.39. The fourth-order valence-corrected chi connectivity index (χ4v) is 3.03. The van der Waals surface area contributed by atoms with Crippen LogP contribution >= 0.6 is 12.4 Å². The summed E-state index contributed by atoms with van der Waals surface area (Å²) in [6, 6.07) is 6.72. The van der Waals surface area contributed by atoms with Crippen molar-refractivity contribution in [2.75, 3.05) is 19.6 Å². The molecule has 1 amide bonds. The maximum Gasteiger partial charge on any atom is 0.228 e. The molecule has 1 N–H and O–H groups in total. The average Bonchev–Trinajstić information content (AvgIpc) is 2.69. The second kappa shape index (κ2) is 6.10. The number of rotatable bonds is 2. The Morgan fingerprint density at radius 3 is 2.65 bits per heavy atom. The monoisotopic (exact) mass is 298 g/mol. The molecule has 110 valence electrons. The molecular weight excluding hydrogens is 279 g/mol. The Morgan fingerprint density at radius 1 is 1.35 bits per heavy atom. The molecule has 0 bridgehead atoms. The normalized spacial score (nSPS) is 26.0. The average molecular weight is 299 g/mol. The molecule has 2 unspecified atom stereocenters.